The lowest BCUT2D eigenvalue weighted by Gasteiger charge is -2.08. The van der Waals surface area contributed by atoms with Crippen LogP contribution in [0.1, 0.15) is 25.6 Å². The molecule has 0 saturated carbocycles. The minimum absolute atomic E-state index is 0.0897. The molecule has 1 heterocycles. The van der Waals surface area contributed by atoms with Gasteiger partial charge in [0.15, 0.2) is 0 Å². The van der Waals surface area contributed by atoms with Gasteiger partial charge in [0.2, 0.25) is 5.91 Å². The van der Waals surface area contributed by atoms with Gasteiger partial charge >= 0.3 is 0 Å². The number of nitrogens with zero attached hydrogens (tertiary/aromatic N) is 1. The molecule has 0 aliphatic heterocycles. The van der Waals surface area contributed by atoms with Crippen molar-refractivity contribution >= 4 is 5.91 Å². The van der Waals surface area contributed by atoms with Crippen molar-refractivity contribution in [2.45, 2.75) is 26.2 Å². The first-order chi connectivity index (χ1) is 7.72. The second-order valence-electron chi connectivity index (χ2n) is 4.02. The molecule has 5 heteroatoms. The number of aromatic amines is 1. The number of carbonyl (C=O) groups is 1. The van der Waals surface area contributed by atoms with Crippen LogP contribution >= 0.6 is 0 Å². The van der Waals surface area contributed by atoms with Crippen LogP contribution in [-0.4, -0.2) is 29.0 Å². The van der Waals surface area contributed by atoms with Crippen molar-refractivity contribution in [3.05, 3.63) is 18.2 Å². The highest BCUT2D eigenvalue weighted by atomic mass is 16.1. The minimum Gasteiger partial charge on any atom is -0.356 e. The normalized spacial score (nSPS) is 12.4. The third-order valence-corrected chi connectivity index (χ3v) is 2.51. The Hall–Kier alpha value is -1.36. The topological polar surface area (TPSA) is 83.8 Å². The molecule has 90 valence electrons. The highest BCUT2D eigenvalue weighted by Gasteiger charge is 2.05. The third-order valence-electron chi connectivity index (χ3n) is 2.51. The molecule has 16 heavy (non-hydrogen) atoms. The molecule has 4 N–H and O–H groups in total. The van der Waals surface area contributed by atoms with Crippen LogP contribution in [-0.2, 0) is 11.2 Å². The summed E-state index contributed by atoms with van der Waals surface area (Å²) in [5, 5.41) is 2.86. The second kappa shape index (κ2) is 7.00. The van der Waals surface area contributed by atoms with Crippen LogP contribution in [0.15, 0.2) is 12.4 Å². The van der Waals surface area contributed by atoms with Crippen LogP contribution in [0.2, 0.25) is 0 Å². The Morgan fingerprint density at radius 3 is 3.12 bits per heavy atom. The zero-order valence-corrected chi connectivity index (χ0v) is 9.70. The summed E-state index contributed by atoms with van der Waals surface area (Å²) in [6, 6.07) is 0. The number of hydrogen-bond donors (Lipinski definition) is 3. The molecule has 1 aromatic heterocycles. The van der Waals surface area contributed by atoms with Gasteiger partial charge in [-0.25, -0.2) is 4.98 Å². The third kappa shape index (κ3) is 4.93. The van der Waals surface area contributed by atoms with Crippen molar-refractivity contribution in [1.29, 1.82) is 0 Å². The van der Waals surface area contributed by atoms with Gasteiger partial charge < -0.3 is 16.0 Å². The van der Waals surface area contributed by atoms with Crippen LogP contribution in [0.4, 0.5) is 0 Å². The fraction of sp³-hybridized carbons (Fsp3) is 0.636. The Kier molecular flexibility index (Phi) is 5.56. The van der Waals surface area contributed by atoms with Gasteiger partial charge in [-0.1, -0.05) is 6.92 Å². The number of hydrogen-bond acceptors (Lipinski definition) is 3. The SMILES string of the molecule is CC(CN)CCC(=O)NCCc1ncc[nH]1. The van der Waals surface area contributed by atoms with E-state index in [1.54, 1.807) is 12.4 Å². The second-order valence-corrected chi connectivity index (χ2v) is 4.02. The number of nitrogens with two attached hydrogens (primary N) is 1. The molecule has 1 unspecified atom stereocenters. The fourth-order valence-corrected chi connectivity index (χ4v) is 1.34. The minimum atomic E-state index is 0.0897. The highest BCUT2D eigenvalue weighted by molar-refractivity contribution is 5.75. The first-order valence-electron chi connectivity index (χ1n) is 5.67. The van der Waals surface area contributed by atoms with Gasteiger partial charge in [0.1, 0.15) is 5.82 Å². The van der Waals surface area contributed by atoms with Crippen molar-refractivity contribution in [2.75, 3.05) is 13.1 Å². The molecule has 1 atom stereocenters. The van der Waals surface area contributed by atoms with E-state index in [4.69, 9.17) is 5.73 Å². The lowest BCUT2D eigenvalue weighted by molar-refractivity contribution is -0.121. The quantitative estimate of drug-likeness (QED) is 0.628. The molecule has 0 bridgehead atoms. The van der Waals surface area contributed by atoms with Crippen molar-refractivity contribution < 1.29 is 4.79 Å². The fourth-order valence-electron chi connectivity index (χ4n) is 1.34. The average molecular weight is 224 g/mol. The van der Waals surface area contributed by atoms with Gasteiger partial charge in [0, 0.05) is 31.8 Å². The van der Waals surface area contributed by atoms with E-state index >= 15 is 0 Å². The van der Waals surface area contributed by atoms with Gasteiger partial charge in [0.25, 0.3) is 0 Å². The molecule has 0 aromatic carbocycles. The summed E-state index contributed by atoms with van der Waals surface area (Å²) >= 11 is 0. The molecule has 1 amide bonds. The number of nitrogens with one attached hydrogen (secondary N) is 2. The summed E-state index contributed by atoms with van der Waals surface area (Å²) in [4.78, 5) is 18.5. The zero-order chi connectivity index (χ0) is 11.8. The van der Waals surface area contributed by atoms with E-state index in [2.05, 4.69) is 22.2 Å². The maximum Gasteiger partial charge on any atom is 0.220 e. The Morgan fingerprint density at radius 2 is 2.50 bits per heavy atom. The Bertz CT molecular complexity index is 297. The Labute approximate surface area is 95.8 Å². The van der Waals surface area contributed by atoms with Crippen molar-refractivity contribution in [2.24, 2.45) is 11.7 Å². The molecule has 1 aromatic rings. The van der Waals surface area contributed by atoms with Gasteiger partial charge in [-0.15, -0.1) is 0 Å². The molecule has 0 radical (unpaired) electrons. The van der Waals surface area contributed by atoms with E-state index in [-0.39, 0.29) is 5.91 Å². The number of imidazole rings is 1. The number of rotatable bonds is 7. The molecule has 1 rings (SSSR count). The monoisotopic (exact) mass is 224 g/mol. The smallest absolute Gasteiger partial charge is 0.220 e. The predicted octanol–water partition coefficient (Wildman–Crippen LogP) is 0.443. The van der Waals surface area contributed by atoms with Gasteiger partial charge in [-0.05, 0) is 18.9 Å². The molecule has 0 aliphatic rings. The molecule has 0 spiro atoms. The van der Waals surface area contributed by atoms with E-state index in [0.717, 1.165) is 18.7 Å². The summed E-state index contributed by atoms with van der Waals surface area (Å²) < 4.78 is 0. The van der Waals surface area contributed by atoms with E-state index < -0.39 is 0 Å². The summed E-state index contributed by atoms with van der Waals surface area (Å²) in [7, 11) is 0. The first kappa shape index (κ1) is 12.7. The molecular weight excluding hydrogens is 204 g/mol. The number of amides is 1. The maximum absolute atomic E-state index is 11.4. The largest absolute Gasteiger partial charge is 0.356 e. The summed E-state index contributed by atoms with van der Waals surface area (Å²) in [5.74, 6) is 1.40. The van der Waals surface area contributed by atoms with E-state index in [9.17, 15) is 4.79 Å². The Morgan fingerprint density at radius 1 is 1.69 bits per heavy atom. The Balaban J connectivity index is 2.06. The molecule has 0 fully saturated rings. The van der Waals surface area contributed by atoms with Crippen molar-refractivity contribution in [3.8, 4) is 0 Å². The van der Waals surface area contributed by atoms with Crippen molar-refractivity contribution in [1.82, 2.24) is 15.3 Å². The van der Waals surface area contributed by atoms with Gasteiger partial charge in [-0.2, -0.15) is 0 Å². The van der Waals surface area contributed by atoms with Crippen LogP contribution in [0.5, 0.6) is 0 Å². The van der Waals surface area contributed by atoms with Crippen LogP contribution in [0.3, 0.4) is 0 Å². The van der Waals surface area contributed by atoms with Crippen LogP contribution in [0, 0.1) is 5.92 Å². The number of H-pyrrole nitrogens is 1. The van der Waals surface area contributed by atoms with E-state index in [0.29, 0.717) is 25.4 Å². The van der Waals surface area contributed by atoms with Gasteiger partial charge in [0.05, 0.1) is 0 Å². The van der Waals surface area contributed by atoms with Crippen LogP contribution in [0.25, 0.3) is 0 Å². The zero-order valence-electron chi connectivity index (χ0n) is 9.70. The number of carbonyl (C=O) groups excluding carboxylic acids is 1. The summed E-state index contributed by atoms with van der Waals surface area (Å²) in [6.45, 7) is 3.32. The van der Waals surface area contributed by atoms with Gasteiger partial charge in [-0.3, -0.25) is 4.79 Å². The standard InChI is InChI=1S/C11H20N4O/c1-9(8-12)2-3-11(16)15-5-4-10-13-6-7-14-10/h6-7,9H,2-5,8,12H2,1H3,(H,13,14)(H,15,16). The lowest BCUT2D eigenvalue weighted by Crippen LogP contribution is -2.26. The van der Waals surface area contributed by atoms with Crippen LogP contribution < -0.4 is 11.1 Å². The maximum atomic E-state index is 11.4. The van der Waals surface area contributed by atoms with Crippen molar-refractivity contribution in [3.63, 3.8) is 0 Å². The molecular formula is C11H20N4O. The lowest BCUT2D eigenvalue weighted by atomic mass is 10.1. The first-order valence-corrected chi connectivity index (χ1v) is 5.67. The molecule has 5 nitrogen and oxygen atoms in total. The van der Waals surface area contributed by atoms with E-state index in [1.165, 1.54) is 0 Å². The summed E-state index contributed by atoms with van der Waals surface area (Å²) in [6.07, 6.45) is 5.63. The highest BCUT2D eigenvalue weighted by Crippen LogP contribution is 2.02. The average Bonchev–Trinajstić information content (AvgIpc) is 2.79. The van der Waals surface area contributed by atoms with E-state index in [1.807, 2.05) is 0 Å². The number of aromatic nitrogens is 2. The predicted molar refractivity (Wildman–Crippen MR) is 62.8 cm³/mol. The molecule has 0 aliphatic carbocycles. The molecule has 0 saturated heterocycles. The summed E-state index contributed by atoms with van der Waals surface area (Å²) in [5.41, 5.74) is 5.48.